The van der Waals surface area contributed by atoms with Crippen molar-refractivity contribution in [1.82, 2.24) is 19.4 Å². The molecule has 2 heterocycles. The Morgan fingerprint density at radius 1 is 0.917 bits per heavy atom. The zero-order valence-corrected chi connectivity index (χ0v) is 20.6. The maximum atomic E-state index is 14.7. The first-order valence-corrected chi connectivity index (χ1v) is 13.1. The van der Waals surface area contributed by atoms with E-state index in [0.29, 0.717) is 50.1 Å². The standard InChI is InChI=1S/C27H33FN4O4/c28-22-11-10-18(17-32-23-9-5-4-8-20(23)24(33)29-27(32)36)16-21(22)26(35)31-14-12-30(13-15-31)25(34)19-6-2-1-3-7-19/h10-11,16,19H,1-9,12-15,17H2,(H,29,33,36). The minimum absolute atomic E-state index is 0.0362. The van der Waals surface area contributed by atoms with Crippen LogP contribution < -0.4 is 11.2 Å². The van der Waals surface area contributed by atoms with Gasteiger partial charge in [0.1, 0.15) is 5.82 Å². The number of aromatic amines is 1. The molecule has 2 aliphatic carbocycles. The summed E-state index contributed by atoms with van der Waals surface area (Å²) in [5, 5.41) is 0. The van der Waals surface area contributed by atoms with Gasteiger partial charge in [0.25, 0.3) is 11.5 Å². The van der Waals surface area contributed by atoms with Gasteiger partial charge in [0.05, 0.1) is 12.1 Å². The number of piperazine rings is 1. The molecule has 2 aromatic rings. The molecule has 0 spiro atoms. The van der Waals surface area contributed by atoms with Gasteiger partial charge in [-0.15, -0.1) is 0 Å². The Labute approximate surface area is 209 Å². The quantitative estimate of drug-likeness (QED) is 0.704. The van der Waals surface area contributed by atoms with Crippen molar-refractivity contribution in [3.63, 3.8) is 0 Å². The van der Waals surface area contributed by atoms with E-state index in [1.807, 2.05) is 4.90 Å². The highest BCUT2D eigenvalue weighted by molar-refractivity contribution is 5.95. The number of amides is 2. The predicted molar refractivity (Wildman–Crippen MR) is 133 cm³/mol. The second kappa shape index (κ2) is 10.4. The van der Waals surface area contributed by atoms with Crippen LogP contribution in [0.5, 0.6) is 0 Å². The monoisotopic (exact) mass is 496 g/mol. The largest absolute Gasteiger partial charge is 0.339 e. The summed E-state index contributed by atoms with van der Waals surface area (Å²) in [4.78, 5) is 56.7. The molecule has 1 aromatic heterocycles. The fourth-order valence-corrected chi connectivity index (χ4v) is 5.89. The van der Waals surface area contributed by atoms with E-state index >= 15 is 0 Å². The number of aromatic nitrogens is 2. The molecule has 1 saturated carbocycles. The topological polar surface area (TPSA) is 95.5 Å². The van der Waals surface area contributed by atoms with Gasteiger partial charge in [0.15, 0.2) is 0 Å². The van der Waals surface area contributed by atoms with Crippen LogP contribution in [0.15, 0.2) is 27.8 Å². The molecule has 0 bridgehead atoms. The zero-order chi connectivity index (χ0) is 25.2. The number of nitrogens with one attached hydrogen (secondary N) is 1. The molecule has 8 nitrogen and oxygen atoms in total. The second-order valence-electron chi connectivity index (χ2n) is 10.2. The average Bonchev–Trinajstić information content (AvgIpc) is 2.91. The van der Waals surface area contributed by atoms with Gasteiger partial charge in [0.2, 0.25) is 5.91 Å². The highest BCUT2D eigenvalue weighted by Crippen LogP contribution is 2.26. The molecule has 1 saturated heterocycles. The number of hydrogen-bond donors (Lipinski definition) is 1. The molecule has 1 aromatic carbocycles. The van der Waals surface area contributed by atoms with Crippen molar-refractivity contribution in [2.24, 2.45) is 5.92 Å². The van der Waals surface area contributed by atoms with E-state index in [9.17, 15) is 23.6 Å². The summed E-state index contributed by atoms with van der Waals surface area (Å²) in [6.07, 6.45) is 8.35. The normalized spacial score (nSPS) is 18.7. The first kappa shape index (κ1) is 24.5. The molecule has 0 atom stereocenters. The summed E-state index contributed by atoms with van der Waals surface area (Å²) in [5.74, 6) is -0.739. The molecular weight excluding hydrogens is 463 g/mol. The number of fused-ring (bicyclic) bond motifs is 1. The minimum Gasteiger partial charge on any atom is -0.339 e. The van der Waals surface area contributed by atoms with Crippen LogP contribution in [0.2, 0.25) is 0 Å². The van der Waals surface area contributed by atoms with Gasteiger partial charge in [-0.3, -0.25) is 23.9 Å². The van der Waals surface area contributed by atoms with E-state index in [1.54, 1.807) is 11.0 Å². The average molecular weight is 497 g/mol. The van der Waals surface area contributed by atoms with Crippen LogP contribution in [0.4, 0.5) is 4.39 Å². The van der Waals surface area contributed by atoms with Crippen molar-refractivity contribution in [2.75, 3.05) is 26.2 Å². The van der Waals surface area contributed by atoms with E-state index in [4.69, 9.17) is 0 Å². The van der Waals surface area contributed by atoms with Gasteiger partial charge in [-0.2, -0.15) is 0 Å². The summed E-state index contributed by atoms with van der Waals surface area (Å²) in [6, 6.07) is 4.33. The van der Waals surface area contributed by atoms with Gasteiger partial charge in [0, 0.05) is 43.4 Å². The number of carbonyl (C=O) groups excluding carboxylic acids is 2. The summed E-state index contributed by atoms with van der Waals surface area (Å²) in [5.41, 5.74) is 1.13. The van der Waals surface area contributed by atoms with Crippen molar-refractivity contribution < 1.29 is 14.0 Å². The molecular formula is C27H33FN4O4. The number of H-pyrrole nitrogens is 1. The highest BCUT2D eigenvalue weighted by atomic mass is 19.1. The molecule has 0 radical (unpaired) electrons. The number of benzene rings is 1. The third-order valence-corrected chi connectivity index (χ3v) is 7.94. The van der Waals surface area contributed by atoms with Crippen molar-refractivity contribution >= 4 is 11.8 Å². The molecule has 1 N–H and O–H groups in total. The smallest absolute Gasteiger partial charge is 0.328 e. The summed E-state index contributed by atoms with van der Waals surface area (Å²) in [7, 11) is 0. The Hall–Kier alpha value is -3.23. The maximum absolute atomic E-state index is 14.7. The lowest BCUT2D eigenvalue weighted by atomic mass is 9.88. The van der Waals surface area contributed by atoms with E-state index in [-0.39, 0.29) is 29.5 Å². The third-order valence-electron chi connectivity index (χ3n) is 7.94. The Bertz CT molecular complexity index is 1270. The summed E-state index contributed by atoms with van der Waals surface area (Å²) < 4.78 is 16.3. The number of nitrogens with zero attached hydrogens (tertiary/aromatic N) is 3. The van der Waals surface area contributed by atoms with Crippen LogP contribution in [-0.2, 0) is 24.2 Å². The van der Waals surface area contributed by atoms with Crippen molar-refractivity contribution in [3.8, 4) is 0 Å². The van der Waals surface area contributed by atoms with Crippen LogP contribution in [0.25, 0.3) is 0 Å². The molecule has 9 heteroatoms. The fourth-order valence-electron chi connectivity index (χ4n) is 5.89. The van der Waals surface area contributed by atoms with E-state index in [1.165, 1.54) is 23.1 Å². The lowest BCUT2D eigenvalue weighted by Crippen LogP contribution is -2.52. The Balaban J connectivity index is 1.30. The van der Waals surface area contributed by atoms with E-state index in [0.717, 1.165) is 44.2 Å². The first-order valence-electron chi connectivity index (χ1n) is 13.1. The number of rotatable bonds is 4. The second-order valence-corrected chi connectivity index (χ2v) is 10.2. The number of hydrogen-bond acceptors (Lipinski definition) is 4. The lowest BCUT2D eigenvalue weighted by Gasteiger charge is -2.37. The SMILES string of the molecule is O=C(c1cc(Cn2c3c(c(=O)[nH]c2=O)CCCC3)ccc1F)N1CCN(C(=O)C2CCCCC2)CC1. The van der Waals surface area contributed by atoms with Crippen LogP contribution in [0.1, 0.15) is 72.1 Å². The van der Waals surface area contributed by atoms with E-state index in [2.05, 4.69) is 4.98 Å². The first-order chi connectivity index (χ1) is 17.4. The molecule has 2 fully saturated rings. The van der Waals surface area contributed by atoms with Crippen molar-refractivity contribution in [1.29, 1.82) is 0 Å². The van der Waals surface area contributed by atoms with Crippen LogP contribution >= 0.6 is 0 Å². The molecule has 5 rings (SSSR count). The van der Waals surface area contributed by atoms with Crippen LogP contribution in [0.3, 0.4) is 0 Å². The maximum Gasteiger partial charge on any atom is 0.328 e. The molecule has 2 amide bonds. The summed E-state index contributed by atoms with van der Waals surface area (Å²) in [6.45, 7) is 1.81. The van der Waals surface area contributed by atoms with Crippen LogP contribution in [-0.4, -0.2) is 57.3 Å². The van der Waals surface area contributed by atoms with Crippen molar-refractivity contribution in [2.45, 2.75) is 64.3 Å². The Morgan fingerprint density at radius 3 is 2.36 bits per heavy atom. The molecule has 192 valence electrons. The van der Waals surface area contributed by atoms with Gasteiger partial charge in [-0.25, -0.2) is 9.18 Å². The lowest BCUT2D eigenvalue weighted by molar-refractivity contribution is -0.138. The Kier molecular flexibility index (Phi) is 7.07. The van der Waals surface area contributed by atoms with Crippen molar-refractivity contribution in [3.05, 3.63) is 67.2 Å². The van der Waals surface area contributed by atoms with Crippen LogP contribution in [0, 0.1) is 11.7 Å². The number of halogens is 1. The molecule has 3 aliphatic rings. The zero-order valence-electron chi connectivity index (χ0n) is 20.6. The van der Waals surface area contributed by atoms with Gasteiger partial charge in [-0.1, -0.05) is 25.3 Å². The number of carbonyl (C=O) groups is 2. The molecule has 0 unspecified atom stereocenters. The molecule has 36 heavy (non-hydrogen) atoms. The predicted octanol–water partition coefficient (Wildman–Crippen LogP) is 2.47. The minimum atomic E-state index is -0.611. The summed E-state index contributed by atoms with van der Waals surface area (Å²) >= 11 is 0. The third kappa shape index (κ3) is 4.88. The van der Waals surface area contributed by atoms with E-state index < -0.39 is 17.4 Å². The highest BCUT2D eigenvalue weighted by Gasteiger charge is 2.30. The van der Waals surface area contributed by atoms with Gasteiger partial charge in [-0.05, 0) is 56.2 Å². The molecule has 1 aliphatic heterocycles. The Morgan fingerprint density at radius 2 is 1.61 bits per heavy atom. The van der Waals surface area contributed by atoms with Gasteiger partial charge >= 0.3 is 5.69 Å². The van der Waals surface area contributed by atoms with Gasteiger partial charge < -0.3 is 9.80 Å². The fraction of sp³-hybridized carbons (Fsp3) is 0.556.